The summed E-state index contributed by atoms with van der Waals surface area (Å²) in [5.41, 5.74) is 0. The second-order valence-corrected chi connectivity index (χ2v) is 12.1. The van der Waals surface area contributed by atoms with Gasteiger partial charge in [-0.15, -0.1) is 11.3 Å². The summed E-state index contributed by atoms with van der Waals surface area (Å²) in [6.45, 7) is 2.79. The number of thiophene rings is 1. The fraction of sp³-hybridized carbons (Fsp3) is 0.600. The van der Waals surface area contributed by atoms with Crippen LogP contribution in [0.25, 0.3) is 0 Å². The SMILES string of the molecule is O=C(CN1CCN(S(=O)(=O)c2ccc(Cl)s2)CC1)Nc1ccnn1CC1CCCCC1. The van der Waals surface area contributed by atoms with Crippen LogP contribution in [0.5, 0.6) is 0 Å². The van der Waals surface area contributed by atoms with E-state index in [0.29, 0.717) is 36.4 Å². The number of amides is 1. The summed E-state index contributed by atoms with van der Waals surface area (Å²) in [7, 11) is -3.53. The molecule has 8 nitrogen and oxygen atoms in total. The Kier molecular flexibility index (Phi) is 7.33. The van der Waals surface area contributed by atoms with Crippen molar-refractivity contribution in [3.63, 3.8) is 0 Å². The number of carbonyl (C=O) groups is 1. The number of carbonyl (C=O) groups excluding carboxylic acids is 1. The van der Waals surface area contributed by atoms with Crippen LogP contribution in [-0.4, -0.2) is 66.0 Å². The van der Waals surface area contributed by atoms with Gasteiger partial charge >= 0.3 is 0 Å². The lowest BCUT2D eigenvalue weighted by molar-refractivity contribution is -0.117. The van der Waals surface area contributed by atoms with Crippen molar-refractivity contribution in [1.82, 2.24) is 19.0 Å². The third-order valence-electron chi connectivity index (χ3n) is 5.98. The molecular weight excluding hydrogens is 458 g/mol. The number of halogens is 1. The fourth-order valence-corrected chi connectivity index (χ4v) is 7.33. The molecule has 1 saturated heterocycles. The summed E-state index contributed by atoms with van der Waals surface area (Å²) >= 11 is 6.95. The van der Waals surface area contributed by atoms with Gasteiger partial charge in [-0.25, -0.2) is 13.1 Å². The van der Waals surface area contributed by atoms with Crippen LogP contribution in [0.1, 0.15) is 32.1 Å². The average Bonchev–Trinajstić information content (AvgIpc) is 3.38. The van der Waals surface area contributed by atoms with Crippen LogP contribution in [0.3, 0.4) is 0 Å². The Bertz CT molecular complexity index is 992. The van der Waals surface area contributed by atoms with E-state index in [1.807, 2.05) is 15.6 Å². The van der Waals surface area contributed by atoms with Crippen LogP contribution in [0, 0.1) is 5.92 Å². The van der Waals surface area contributed by atoms with E-state index in [1.165, 1.54) is 36.4 Å². The molecule has 0 unspecified atom stereocenters. The quantitative estimate of drug-likeness (QED) is 0.651. The molecule has 2 aromatic rings. The molecule has 1 aliphatic heterocycles. The third kappa shape index (κ3) is 5.67. The monoisotopic (exact) mass is 485 g/mol. The number of sulfonamides is 1. The van der Waals surface area contributed by atoms with Crippen LogP contribution < -0.4 is 5.32 Å². The normalized spacial score (nSPS) is 19.5. The molecule has 1 N–H and O–H groups in total. The van der Waals surface area contributed by atoms with Gasteiger partial charge in [0.1, 0.15) is 10.0 Å². The van der Waals surface area contributed by atoms with E-state index in [9.17, 15) is 13.2 Å². The van der Waals surface area contributed by atoms with Crippen molar-refractivity contribution in [2.24, 2.45) is 5.92 Å². The van der Waals surface area contributed by atoms with Crippen molar-refractivity contribution < 1.29 is 13.2 Å². The zero-order valence-electron chi connectivity index (χ0n) is 17.4. The van der Waals surface area contributed by atoms with Crippen LogP contribution in [0.15, 0.2) is 28.6 Å². The maximum Gasteiger partial charge on any atom is 0.252 e. The van der Waals surface area contributed by atoms with Crippen molar-refractivity contribution >= 4 is 44.7 Å². The van der Waals surface area contributed by atoms with Gasteiger partial charge < -0.3 is 5.32 Å². The molecule has 2 aromatic heterocycles. The van der Waals surface area contributed by atoms with Gasteiger partial charge in [0, 0.05) is 38.8 Å². The third-order valence-corrected chi connectivity index (χ3v) is 9.58. The summed E-state index contributed by atoms with van der Waals surface area (Å²) in [5.74, 6) is 1.25. The maximum absolute atomic E-state index is 12.7. The molecule has 0 spiro atoms. The van der Waals surface area contributed by atoms with Crippen molar-refractivity contribution in [3.8, 4) is 0 Å². The minimum atomic E-state index is -3.53. The molecule has 31 heavy (non-hydrogen) atoms. The highest BCUT2D eigenvalue weighted by Gasteiger charge is 2.30. The Morgan fingerprint density at radius 3 is 2.55 bits per heavy atom. The number of nitrogens with one attached hydrogen (secondary N) is 1. The van der Waals surface area contributed by atoms with Gasteiger partial charge in [0.05, 0.1) is 17.1 Å². The molecule has 11 heteroatoms. The minimum absolute atomic E-state index is 0.105. The lowest BCUT2D eigenvalue weighted by Crippen LogP contribution is -2.50. The molecule has 170 valence electrons. The molecule has 0 bridgehead atoms. The molecule has 2 aliphatic rings. The Balaban J connectivity index is 1.27. The lowest BCUT2D eigenvalue weighted by atomic mass is 9.89. The predicted octanol–water partition coefficient (Wildman–Crippen LogP) is 3.12. The first-order valence-corrected chi connectivity index (χ1v) is 13.3. The summed E-state index contributed by atoms with van der Waals surface area (Å²) in [5, 5.41) is 7.36. The van der Waals surface area contributed by atoms with Crippen LogP contribution in [0.4, 0.5) is 5.82 Å². The van der Waals surface area contributed by atoms with E-state index in [4.69, 9.17) is 11.6 Å². The summed E-state index contributed by atoms with van der Waals surface area (Å²) < 4.78 is 29.5. The number of hydrogen-bond acceptors (Lipinski definition) is 6. The van der Waals surface area contributed by atoms with Gasteiger partial charge in [-0.1, -0.05) is 30.9 Å². The fourth-order valence-electron chi connectivity index (χ4n) is 4.28. The first-order valence-electron chi connectivity index (χ1n) is 10.7. The zero-order valence-corrected chi connectivity index (χ0v) is 19.8. The second kappa shape index (κ2) is 9.99. The van der Waals surface area contributed by atoms with Gasteiger partial charge in [-0.3, -0.25) is 9.69 Å². The summed E-state index contributed by atoms with van der Waals surface area (Å²) in [4.78, 5) is 14.6. The Morgan fingerprint density at radius 2 is 1.87 bits per heavy atom. The van der Waals surface area contributed by atoms with E-state index in [1.54, 1.807) is 18.3 Å². The van der Waals surface area contributed by atoms with Gasteiger partial charge in [0.15, 0.2) is 0 Å². The van der Waals surface area contributed by atoms with E-state index < -0.39 is 10.0 Å². The van der Waals surface area contributed by atoms with Gasteiger partial charge in [0.25, 0.3) is 10.0 Å². The van der Waals surface area contributed by atoms with E-state index in [2.05, 4.69) is 10.4 Å². The molecular formula is C20H28ClN5O3S2. The molecule has 1 saturated carbocycles. The van der Waals surface area contributed by atoms with Gasteiger partial charge in [-0.05, 0) is 30.9 Å². The van der Waals surface area contributed by atoms with Gasteiger partial charge in [-0.2, -0.15) is 9.40 Å². The lowest BCUT2D eigenvalue weighted by Gasteiger charge is -2.33. The maximum atomic E-state index is 12.7. The number of anilines is 1. The number of aromatic nitrogens is 2. The highest BCUT2D eigenvalue weighted by atomic mass is 35.5. The Hall–Kier alpha value is -1.46. The van der Waals surface area contributed by atoms with E-state index in [-0.39, 0.29) is 16.7 Å². The molecule has 4 rings (SSSR count). The average molecular weight is 486 g/mol. The number of rotatable bonds is 7. The van der Waals surface area contributed by atoms with Crippen LogP contribution in [0.2, 0.25) is 4.34 Å². The number of hydrogen-bond donors (Lipinski definition) is 1. The molecule has 0 atom stereocenters. The number of nitrogens with zero attached hydrogens (tertiary/aromatic N) is 4. The summed E-state index contributed by atoms with van der Waals surface area (Å²) in [6.07, 6.45) is 8.02. The largest absolute Gasteiger partial charge is 0.310 e. The van der Waals surface area contributed by atoms with Crippen LogP contribution >= 0.6 is 22.9 Å². The standard InChI is InChI=1S/C20H28ClN5O3S2/c21-17-6-7-20(30-17)31(28,29)25-12-10-24(11-13-25)15-19(27)23-18-8-9-22-26(18)14-16-4-2-1-3-5-16/h6-9,16H,1-5,10-15H2,(H,23,27). The molecule has 1 aliphatic carbocycles. The predicted molar refractivity (Wildman–Crippen MR) is 122 cm³/mol. The smallest absolute Gasteiger partial charge is 0.252 e. The summed E-state index contributed by atoms with van der Waals surface area (Å²) in [6, 6.07) is 4.97. The zero-order chi connectivity index (χ0) is 21.8. The van der Waals surface area contributed by atoms with Crippen molar-refractivity contribution in [2.45, 2.75) is 42.9 Å². The van der Waals surface area contributed by atoms with Gasteiger partial charge in [0.2, 0.25) is 5.91 Å². The topological polar surface area (TPSA) is 87.5 Å². The van der Waals surface area contributed by atoms with E-state index >= 15 is 0 Å². The minimum Gasteiger partial charge on any atom is -0.310 e. The van der Waals surface area contributed by atoms with Crippen molar-refractivity contribution in [3.05, 3.63) is 28.7 Å². The molecule has 1 amide bonds. The highest BCUT2D eigenvalue weighted by molar-refractivity contribution is 7.91. The molecule has 2 fully saturated rings. The molecule has 3 heterocycles. The molecule has 0 aromatic carbocycles. The van der Waals surface area contributed by atoms with Crippen LogP contribution in [-0.2, 0) is 21.4 Å². The van der Waals surface area contributed by atoms with Crippen molar-refractivity contribution in [2.75, 3.05) is 38.0 Å². The van der Waals surface area contributed by atoms with Crippen molar-refractivity contribution in [1.29, 1.82) is 0 Å². The molecule has 0 radical (unpaired) electrons. The first-order chi connectivity index (χ1) is 14.9. The first kappa shape index (κ1) is 22.7. The highest BCUT2D eigenvalue weighted by Crippen LogP contribution is 2.29. The Labute approximate surface area is 192 Å². The second-order valence-electron chi connectivity index (χ2n) is 8.19. The van der Waals surface area contributed by atoms with E-state index in [0.717, 1.165) is 23.7 Å². The number of piperazine rings is 1. The Morgan fingerprint density at radius 1 is 1.13 bits per heavy atom.